The maximum Gasteiger partial charge on any atom is 0.138 e. The van der Waals surface area contributed by atoms with Crippen molar-refractivity contribution in [3.8, 4) is 0 Å². The second-order valence-corrected chi connectivity index (χ2v) is 5.83. The van der Waals surface area contributed by atoms with Gasteiger partial charge >= 0.3 is 0 Å². The minimum absolute atomic E-state index is 0.121. The Morgan fingerprint density at radius 1 is 1.33 bits per heavy atom. The molecular formula is C8H20N4O2S. The molecule has 0 radical (unpaired) electrons. The molecule has 0 aliphatic heterocycles. The molecule has 90 valence electrons. The predicted molar refractivity (Wildman–Crippen MR) is 62.0 cm³/mol. The molecule has 15 heavy (non-hydrogen) atoms. The molecule has 0 amide bonds. The van der Waals surface area contributed by atoms with Gasteiger partial charge in [-0.3, -0.25) is 9.11 Å². The number of rotatable bonds is 4. The lowest BCUT2D eigenvalue weighted by atomic mass is 10.6. The first-order valence-electron chi connectivity index (χ1n) is 4.98. The highest BCUT2D eigenvalue weighted by atomic mass is 32.3. The normalized spacial score (nSPS) is 12.2. The lowest BCUT2D eigenvalue weighted by Crippen LogP contribution is -2.18. The van der Waals surface area contributed by atoms with Gasteiger partial charge in [0, 0.05) is 5.25 Å². The summed E-state index contributed by atoms with van der Waals surface area (Å²) in [6, 6.07) is 0. The van der Waals surface area contributed by atoms with Crippen molar-refractivity contribution in [2.24, 2.45) is 0 Å². The van der Waals surface area contributed by atoms with Crippen molar-refractivity contribution in [2.75, 3.05) is 5.75 Å². The van der Waals surface area contributed by atoms with Gasteiger partial charge in [0.15, 0.2) is 0 Å². The van der Waals surface area contributed by atoms with Crippen molar-refractivity contribution in [3.63, 3.8) is 0 Å². The van der Waals surface area contributed by atoms with Crippen LogP contribution in [0.5, 0.6) is 0 Å². The van der Waals surface area contributed by atoms with Gasteiger partial charge in [-0.15, -0.1) is 5.10 Å². The minimum atomic E-state index is -2.49. The monoisotopic (exact) mass is 236 g/mol. The highest BCUT2D eigenvalue weighted by Crippen LogP contribution is 2.43. The summed E-state index contributed by atoms with van der Waals surface area (Å²) in [5.74, 6) is 0.301. The zero-order valence-corrected chi connectivity index (χ0v) is 10.5. The Bertz CT molecular complexity index is 251. The number of aryl methyl sites for hydroxylation is 1. The lowest BCUT2D eigenvalue weighted by Gasteiger charge is -2.36. The van der Waals surface area contributed by atoms with Gasteiger partial charge in [0.25, 0.3) is 0 Å². The molecule has 0 aliphatic rings. The van der Waals surface area contributed by atoms with E-state index in [2.05, 4.69) is 15.5 Å². The summed E-state index contributed by atoms with van der Waals surface area (Å²) in [5, 5.41) is 10.4. The van der Waals surface area contributed by atoms with Crippen molar-refractivity contribution in [1.82, 2.24) is 20.2 Å². The van der Waals surface area contributed by atoms with Crippen LogP contribution in [0.3, 0.4) is 0 Å². The maximum atomic E-state index is 9.55. The molecule has 0 bridgehead atoms. The van der Waals surface area contributed by atoms with Crippen LogP contribution < -0.4 is 0 Å². The lowest BCUT2D eigenvalue weighted by molar-refractivity contribution is 0.467. The molecule has 0 aliphatic carbocycles. The summed E-state index contributed by atoms with van der Waals surface area (Å²) in [6.07, 6.45) is 1.45. The third kappa shape index (κ3) is 5.10. The fourth-order valence-corrected chi connectivity index (χ4v) is 1.67. The molecule has 0 fully saturated rings. The van der Waals surface area contributed by atoms with Gasteiger partial charge < -0.3 is 0 Å². The number of hydrogen-bond acceptors (Lipinski definition) is 5. The van der Waals surface area contributed by atoms with Gasteiger partial charge in [-0.25, -0.2) is 4.68 Å². The fourth-order valence-electron chi connectivity index (χ4n) is 0.746. The molecule has 0 atom stereocenters. The van der Waals surface area contributed by atoms with Crippen molar-refractivity contribution in [2.45, 2.75) is 39.5 Å². The Morgan fingerprint density at radius 2 is 1.93 bits per heavy atom. The number of tetrazole rings is 1. The van der Waals surface area contributed by atoms with Crippen LogP contribution in [-0.4, -0.2) is 40.3 Å². The average molecular weight is 236 g/mol. The van der Waals surface area contributed by atoms with Crippen molar-refractivity contribution < 1.29 is 9.11 Å². The van der Waals surface area contributed by atoms with Gasteiger partial charge in [0.05, 0.1) is 12.3 Å². The zero-order valence-electron chi connectivity index (χ0n) is 9.66. The molecule has 1 aromatic heterocycles. The van der Waals surface area contributed by atoms with E-state index in [4.69, 9.17) is 0 Å². The van der Waals surface area contributed by atoms with E-state index < -0.39 is 10.6 Å². The molecule has 2 N–H and O–H groups in total. The number of aromatic nitrogens is 4. The van der Waals surface area contributed by atoms with Crippen LogP contribution in [0.2, 0.25) is 0 Å². The van der Waals surface area contributed by atoms with Crippen LogP contribution in [0.25, 0.3) is 0 Å². The summed E-state index contributed by atoms with van der Waals surface area (Å²) >= 11 is 0. The molecule has 6 nitrogen and oxygen atoms in total. The summed E-state index contributed by atoms with van der Waals surface area (Å²) < 4.78 is 20.6. The molecule has 0 saturated heterocycles. The van der Waals surface area contributed by atoms with Crippen LogP contribution in [0.15, 0.2) is 6.33 Å². The summed E-state index contributed by atoms with van der Waals surface area (Å²) in [5.41, 5.74) is 0. The van der Waals surface area contributed by atoms with Crippen LogP contribution in [0, 0.1) is 0 Å². The number of hydrogen-bond donors (Lipinski definition) is 2. The predicted octanol–water partition coefficient (Wildman–Crippen LogP) is 1.86. The molecule has 1 rings (SSSR count). The quantitative estimate of drug-likeness (QED) is 0.833. The summed E-state index contributed by atoms with van der Waals surface area (Å²) in [7, 11) is -2.49. The van der Waals surface area contributed by atoms with Gasteiger partial charge in [0.2, 0.25) is 0 Å². The molecule has 1 heterocycles. The second-order valence-electron chi connectivity index (χ2n) is 3.04. The Hall–Kier alpha value is -0.660. The van der Waals surface area contributed by atoms with Crippen LogP contribution >= 0.6 is 10.6 Å². The summed E-state index contributed by atoms with van der Waals surface area (Å²) in [6.45, 7) is 8.01. The van der Waals surface area contributed by atoms with E-state index in [1.54, 1.807) is 13.8 Å². The first kappa shape index (κ1) is 14.3. The smallest absolute Gasteiger partial charge is 0.138 e. The standard InChI is InChI=1S/C6H14N4O2S.C2H6/c1-6(2)13(11,12)4-3-10-5-7-8-9-10;1-2/h5-6,11-12H,3-4H2,1-2H3;1-2H3. The van der Waals surface area contributed by atoms with Gasteiger partial charge in [0.1, 0.15) is 6.33 Å². The van der Waals surface area contributed by atoms with E-state index in [1.165, 1.54) is 11.0 Å². The molecule has 1 aromatic rings. The zero-order chi connectivity index (χ0) is 11.9. The third-order valence-corrected chi connectivity index (χ3v) is 4.06. The van der Waals surface area contributed by atoms with E-state index in [-0.39, 0.29) is 5.25 Å². The van der Waals surface area contributed by atoms with E-state index in [0.29, 0.717) is 12.3 Å². The molecule has 0 aromatic carbocycles. The van der Waals surface area contributed by atoms with Crippen molar-refractivity contribution in [3.05, 3.63) is 6.33 Å². The molecule has 0 spiro atoms. The molecule has 0 unspecified atom stereocenters. The van der Waals surface area contributed by atoms with Crippen LogP contribution in [0.1, 0.15) is 27.7 Å². The van der Waals surface area contributed by atoms with Gasteiger partial charge in [-0.1, -0.05) is 13.8 Å². The van der Waals surface area contributed by atoms with E-state index in [1.807, 2.05) is 13.8 Å². The minimum Gasteiger partial charge on any atom is -0.299 e. The highest BCUT2D eigenvalue weighted by Gasteiger charge is 2.16. The summed E-state index contributed by atoms with van der Waals surface area (Å²) in [4.78, 5) is 0. The SMILES string of the molecule is CC.CC(C)S(O)(O)CCn1cnnn1. The Morgan fingerprint density at radius 3 is 2.33 bits per heavy atom. The highest BCUT2D eigenvalue weighted by molar-refractivity contribution is 8.24. The van der Waals surface area contributed by atoms with Crippen LogP contribution in [0.4, 0.5) is 0 Å². The molecule has 0 saturated carbocycles. The third-order valence-electron chi connectivity index (χ3n) is 1.77. The molecular weight excluding hydrogens is 216 g/mol. The largest absolute Gasteiger partial charge is 0.299 e. The van der Waals surface area contributed by atoms with Crippen molar-refractivity contribution in [1.29, 1.82) is 0 Å². The first-order valence-corrected chi connectivity index (χ1v) is 6.76. The average Bonchev–Trinajstić information content (AvgIpc) is 2.70. The first-order chi connectivity index (χ1) is 7.02. The maximum absolute atomic E-state index is 9.55. The van der Waals surface area contributed by atoms with Gasteiger partial charge in [-0.2, -0.15) is 10.6 Å². The molecule has 7 heteroatoms. The Labute approximate surface area is 92.0 Å². The number of nitrogens with zero attached hydrogens (tertiary/aromatic N) is 4. The van der Waals surface area contributed by atoms with Crippen molar-refractivity contribution >= 4 is 10.6 Å². The fraction of sp³-hybridized carbons (Fsp3) is 0.875. The second kappa shape index (κ2) is 6.76. The Kier molecular flexibility index (Phi) is 6.46. The van der Waals surface area contributed by atoms with Crippen LogP contribution in [-0.2, 0) is 6.54 Å². The van der Waals surface area contributed by atoms with E-state index in [0.717, 1.165) is 0 Å². The Balaban J connectivity index is 0.000000921. The van der Waals surface area contributed by atoms with Gasteiger partial charge in [-0.05, 0) is 24.3 Å². The van der Waals surface area contributed by atoms with E-state index in [9.17, 15) is 9.11 Å². The topological polar surface area (TPSA) is 84.1 Å². The van der Waals surface area contributed by atoms with E-state index >= 15 is 0 Å².